The summed E-state index contributed by atoms with van der Waals surface area (Å²) in [6.07, 6.45) is 6.60. The van der Waals surface area contributed by atoms with Crippen LogP contribution in [0.25, 0.3) is 17.0 Å². The number of H-pyrrole nitrogens is 1. The Labute approximate surface area is 203 Å². The molecule has 3 aromatic rings. The molecule has 0 fully saturated rings. The van der Waals surface area contributed by atoms with E-state index in [1.54, 1.807) is 6.07 Å². The Morgan fingerprint density at radius 2 is 1.85 bits per heavy atom. The van der Waals surface area contributed by atoms with Gasteiger partial charge in [-0.15, -0.1) is 0 Å². The van der Waals surface area contributed by atoms with E-state index in [0.29, 0.717) is 12.2 Å². The Morgan fingerprint density at radius 1 is 1.15 bits per heavy atom. The van der Waals surface area contributed by atoms with Gasteiger partial charge in [0.25, 0.3) is 5.91 Å². The van der Waals surface area contributed by atoms with E-state index in [2.05, 4.69) is 26.4 Å². The number of fused-ring (bicyclic) bond motifs is 3. The van der Waals surface area contributed by atoms with Crippen LogP contribution in [0.3, 0.4) is 0 Å². The number of aliphatic carboxylic acids is 2. The number of carbonyl (C=O) groups is 3. The number of carbonyl (C=O) groups excluding carboxylic acids is 1. The lowest BCUT2D eigenvalue weighted by Gasteiger charge is -2.18. The van der Waals surface area contributed by atoms with Crippen molar-refractivity contribution >= 4 is 50.8 Å². The summed E-state index contributed by atoms with van der Waals surface area (Å²) in [6.45, 7) is 0.290. The molecule has 0 bridgehead atoms. The molecule has 0 spiro atoms. The summed E-state index contributed by atoms with van der Waals surface area (Å²) in [6, 6.07) is 13.8. The summed E-state index contributed by atoms with van der Waals surface area (Å²) < 4.78 is 1.04. The van der Waals surface area contributed by atoms with Gasteiger partial charge in [-0.1, -0.05) is 40.2 Å². The normalized spacial score (nSPS) is 14.8. The van der Waals surface area contributed by atoms with Crippen LogP contribution in [-0.4, -0.2) is 45.7 Å². The zero-order chi connectivity index (χ0) is 24.7. The van der Waals surface area contributed by atoms with Gasteiger partial charge in [0.1, 0.15) is 0 Å². The van der Waals surface area contributed by atoms with Crippen LogP contribution in [0.1, 0.15) is 33.6 Å². The van der Waals surface area contributed by atoms with E-state index >= 15 is 0 Å². The molecule has 1 amide bonds. The second-order valence-corrected chi connectivity index (χ2v) is 8.57. The predicted molar refractivity (Wildman–Crippen MR) is 130 cm³/mol. The van der Waals surface area contributed by atoms with Crippen LogP contribution < -0.4 is 11.2 Å². The van der Waals surface area contributed by atoms with Gasteiger partial charge in [0.2, 0.25) is 0 Å². The van der Waals surface area contributed by atoms with Crippen LogP contribution in [0.4, 0.5) is 0 Å². The molecule has 10 heteroatoms. The fraction of sp³-hybridized carbons (Fsp3) is 0.208. The van der Waals surface area contributed by atoms with Crippen molar-refractivity contribution in [2.75, 3.05) is 6.61 Å². The molecule has 0 saturated carbocycles. The molecule has 6 N–H and O–H groups in total. The lowest BCUT2D eigenvalue weighted by molar-refractivity contribution is -0.159. The van der Waals surface area contributed by atoms with Gasteiger partial charge in [0, 0.05) is 32.7 Å². The summed E-state index contributed by atoms with van der Waals surface area (Å²) >= 11 is 3.41. The summed E-state index contributed by atoms with van der Waals surface area (Å²) in [5.41, 5.74) is 13.8. The maximum atomic E-state index is 12.4. The summed E-state index contributed by atoms with van der Waals surface area (Å²) in [4.78, 5) is 39.4. The predicted octanol–water partition coefficient (Wildman–Crippen LogP) is 3.28. The Bertz CT molecular complexity index is 1210. The first-order valence-electron chi connectivity index (χ1n) is 10.4. The molecule has 9 nitrogen and oxygen atoms in total. The lowest BCUT2D eigenvalue weighted by Crippen LogP contribution is -2.27. The molecule has 34 heavy (non-hydrogen) atoms. The summed E-state index contributed by atoms with van der Waals surface area (Å²) in [5, 5.41) is 15.9. The van der Waals surface area contributed by atoms with Crippen molar-refractivity contribution in [3.8, 4) is 0 Å². The fourth-order valence-corrected chi connectivity index (χ4v) is 3.82. The van der Waals surface area contributed by atoms with Gasteiger partial charge in [0.15, 0.2) is 0 Å². The molecule has 1 aliphatic rings. The largest absolute Gasteiger partial charge is 0.473 e. The third-order valence-electron chi connectivity index (χ3n) is 5.20. The Balaban J connectivity index is 0.000000481. The Morgan fingerprint density at radius 3 is 2.53 bits per heavy atom. The molecule has 178 valence electrons. The van der Waals surface area contributed by atoms with Gasteiger partial charge >= 0.3 is 11.9 Å². The van der Waals surface area contributed by atoms with Crippen LogP contribution in [0.2, 0.25) is 0 Å². The molecule has 0 aliphatic heterocycles. The van der Waals surface area contributed by atoms with Crippen molar-refractivity contribution in [1.82, 2.24) is 10.5 Å². The van der Waals surface area contributed by atoms with Crippen molar-refractivity contribution in [3.05, 3.63) is 75.4 Å². The van der Waals surface area contributed by atoms with E-state index in [-0.39, 0.29) is 11.9 Å². The third kappa shape index (κ3) is 6.77. The van der Waals surface area contributed by atoms with Gasteiger partial charge in [-0.3, -0.25) is 9.63 Å². The topological polar surface area (TPSA) is 155 Å². The van der Waals surface area contributed by atoms with Crippen LogP contribution in [0.15, 0.2) is 53.0 Å². The van der Waals surface area contributed by atoms with Crippen LogP contribution >= 0.6 is 15.9 Å². The van der Waals surface area contributed by atoms with Gasteiger partial charge in [0.05, 0.1) is 6.61 Å². The minimum atomic E-state index is -1.82. The summed E-state index contributed by atoms with van der Waals surface area (Å²) in [7, 11) is 0. The van der Waals surface area contributed by atoms with Gasteiger partial charge < -0.3 is 20.9 Å². The molecule has 1 atom stereocenters. The van der Waals surface area contributed by atoms with E-state index in [9.17, 15) is 4.79 Å². The highest BCUT2D eigenvalue weighted by molar-refractivity contribution is 9.10. The molecule has 1 aromatic heterocycles. The number of hydrogen-bond acceptors (Lipinski definition) is 5. The first-order chi connectivity index (χ1) is 16.2. The fourth-order valence-electron chi connectivity index (χ4n) is 3.56. The number of aryl methyl sites for hydroxylation is 1. The van der Waals surface area contributed by atoms with E-state index in [1.165, 1.54) is 11.3 Å². The van der Waals surface area contributed by atoms with Gasteiger partial charge in [-0.25, -0.2) is 15.1 Å². The number of benzene rings is 2. The number of halogens is 1. The number of carboxylic acid groups (broad SMARTS) is 2. The van der Waals surface area contributed by atoms with Crippen molar-refractivity contribution in [2.45, 2.75) is 25.3 Å². The van der Waals surface area contributed by atoms with E-state index in [0.717, 1.165) is 40.2 Å². The standard InChI is InChI=1S/C22H22BrN3O2.C2H2O4/c23-16-6-3-14(4-7-16)2-1-11-28-26-22(27)15-5-9-20-18(12-15)19-13-17(24)8-10-21(19)25-20;3-1(4)2(5)6/h1-7,9,12,17,25H,8,10-11,13,24H2,(H,26,27);(H,3,4)(H,5,6)/b2-1+;. The van der Waals surface area contributed by atoms with Crippen molar-refractivity contribution in [3.63, 3.8) is 0 Å². The molecule has 2 aromatic carbocycles. The molecule has 0 saturated heterocycles. The molecule has 1 heterocycles. The highest BCUT2D eigenvalue weighted by Gasteiger charge is 2.20. The quantitative estimate of drug-likeness (QED) is 0.193. The van der Waals surface area contributed by atoms with Crippen LogP contribution in [0.5, 0.6) is 0 Å². The highest BCUT2D eigenvalue weighted by Crippen LogP contribution is 2.29. The maximum absolute atomic E-state index is 12.4. The van der Waals surface area contributed by atoms with Crippen LogP contribution in [0, 0.1) is 0 Å². The molecule has 1 aliphatic carbocycles. The van der Waals surface area contributed by atoms with E-state index in [4.69, 9.17) is 30.4 Å². The number of hydroxylamine groups is 1. The molecule has 1 unspecified atom stereocenters. The average Bonchev–Trinajstić information content (AvgIpc) is 3.17. The minimum Gasteiger partial charge on any atom is -0.473 e. The monoisotopic (exact) mass is 529 g/mol. The zero-order valence-electron chi connectivity index (χ0n) is 18.1. The average molecular weight is 530 g/mol. The number of aromatic amines is 1. The SMILES string of the molecule is NC1CCc2[nH]c3ccc(C(=O)NOC/C=C/c4ccc(Br)cc4)cc3c2C1.O=C(O)C(=O)O. The molecule has 0 radical (unpaired) electrons. The second kappa shape index (κ2) is 11.6. The Hall–Kier alpha value is -3.47. The third-order valence-corrected chi connectivity index (χ3v) is 5.72. The zero-order valence-corrected chi connectivity index (χ0v) is 19.7. The number of rotatable bonds is 5. The minimum absolute atomic E-state index is 0.185. The number of nitrogens with two attached hydrogens (primary N) is 1. The first-order valence-corrected chi connectivity index (χ1v) is 11.2. The lowest BCUT2D eigenvalue weighted by atomic mass is 9.92. The van der Waals surface area contributed by atoms with Gasteiger partial charge in [-0.2, -0.15) is 0 Å². The summed E-state index contributed by atoms with van der Waals surface area (Å²) in [5.74, 6) is -3.90. The van der Waals surface area contributed by atoms with Crippen molar-refractivity contribution in [2.24, 2.45) is 5.73 Å². The molecular formula is C24H24BrN3O6. The first kappa shape index (κ1) is 25.2. The number of hydrogen-bond donors (Lipinski definition) is 5. The van der Waals surface area contributed by atoms with Crippen molar-refractivity contribution < 1.29 is 29.4 Å². The highest BCUT2D eigenvalue weighted by atomic mass is 79.9. The van der Waals surface area contributed by atoms with Gasteiger partial charge in [-0.05, 0) is 60.7 Å². The number of aromatic nitrogens is 1. The second-order valence-electron chi connectivity index (χ2n) is 7.65. The maximum Gasteiger partial charge on any atom is 0.414 e. The molecular weight excluding hydrogens is 506 g/mol. The molecule has 4 rings (SSSR count). The van der Waals surface area contributed by atoms with Crippen molar-refractivity contribution in [1.29, 1.82) is 0 Å². The van der Waals surface area contributed by atoms with E-state index in [1.807, 2.05) is 48.6 Å². The number of nitrogens with one attached hydrogen (secondary N) is 2. The Kier molecular flexibility index (Phi) is 8.58. The van der Waals surface area contributed by atoms with E-state index < -0.39 is 11.9 Å². The number of carboxylic acids is 2. The smallest absolute Gasteiger partial charge is 0.414 e. The number of amides is 1. The van der Waals surface area contributed by atoms with Crippen LogP contribution in [-0.2, 0) is 27.3 Å².